The predicted molar refractivity (Wildman–Crippen MR) is 186 cm³/mol. The molecule has 0 amide bonds. The van der Waals surface area contributed by atoms with Crippen LogP contribution in [0.3, 0.4) is 0 Å². The van der Waals surface area contributed by atoms with E-state index in [0.29, 0.717) is 38.9 Å². The molecular weight excluding hydrogens is 600 g/mol. The third-order valence-corrected chi connectivity index (χ3v) is 8.07. The predicted octanol–water partition coefficient (Wildman–Crippen LogP) is 8.80. The summed E-state index contributed by atoms with van der Waals surface area (Å²) in [6.07, 6.45) is 18.8. The van der Waals surface area contributed by atoms with Crippen molar-refractivity contribution in [2.75, 3.05) is 26.4 Å². The highest BCUT2D eigenvalue weighted by atomic mass is 16.6. The Kier molecular flexibility index (Phi) is 30.9. The average Bonchev–Trinajstić information content (AvgIpc) is 3.02. The molecule has 47 heavy (non-hydrogen) atoms. The van der Waals surface area contributed by atoms with Crippen LogP contribution >= 0.6 is 0 Å². The fourth-order valence-electron chi connectivity index (χ4n) is 5.09. The Morgan fingerprint density at radius 3 is 1.15 bits per heavy atom. The number of hydrogen-bond donors (Lipinski definition) is 1. The number of esters is 4. The molecule has 9 heteroatoms. The zero-order valence-corrected chi connectivity index (χ0v) is 30.5. The van der Waals surface area contributed by atoms with Crippen LogP contribution in [0.2, 0.25) is 0 Å². The number of hydrogen-bond acceptors (Lipinski definition) is 9. The number of carbonyl (C=O) groups is 4. The first-order valence-electron chi connectivity index (χ1n) is 18.9. The molecule has 0 spiro atoms. The molecule has 1 unspecified atom stereocenters. The molecule has 1 N–H and O–H groups in total. The molecule has 0 saturated carbocycles. The Morgan fingerprint density at radius 2 is 0.745 bits per heavy atom. The minimum absolute atomic E-state index is 0.108. The molecule has 0 aliphatic rings. The minimum atomic E-state index is -1.52. The lowest BCUT2D eigenvalue weighted by atomic mass is 10.0. The summed E-state index contributed by atoms with van der Waals surface area (Å²) in [5.41, 5.74) is 0. The van der Waals surface area contributed by atoms with E-state index < -0.39 is 24.5 Å². The SMILES string of the molecule is CC(C)CCCCCCC(=O)OCCCCCCCOC(=O)CC(O)C(=O)OCCCCCCCOC(=O)CCCCCCC(C)C. The molecule has 0 saturated heterocycles. The zero-order chi connectivity index (χ0) is 35.0. The molecule has 0 aromatic heterocycles. The van der Waals surface area contributed by atoms with Crippen LogP contribution in [0.15, 0.2) is 0 Å². The van der Waals surface area contributed by atoms with Crippen LogP contribution in [-0.4, -0.2) is 61.5 Å². The molecule has 0 rings (SSSR count). The highest BCUT2D eigenvalue weighted by Crippen LogP contribution is 2.13. The molecule has 0 aliphatic carbocycles. The van der Waals surface area contributed by atoms with Crippen molar-refractivity contribution in [1.29, 1.82) is 0 Å². The first-order valence-corrected chi connectivity index (χ1v) is 18.9. The Balaban J connectivity index is 3.53. The van der Waals surface area contributed by atoms with Gasteiger partial charge in [-0.15, -0.1) is 0 Å². The third kappa shape index (κ3) is 33.5. The maximum atomic E-state index is 12.0. The lowest BCUT2D eigenvalue weighted by Gasteiger charge is -2.11. The molecular formula is C38H70O9. The largest absolute Gasteiger partial charge is 0.466 e. The standard InChI is InChI=1S/C38H70O9/c1-32(2)23-15-7-9-17-25-35(40)44-27-19-11-5-13-21-29-46-37(42)31-34(39)38(43)47-30-22-14-6-12-20-28-45-36(41)26-18-10-8-16-24-33(3)4/h32-34,39H,5-31H2,1-4H3. The fourth-order valence-corrected chi connectivity index (χ4v) is 5.09. The first-order chi connectivity index (χ1) is 22.6. The summed E-state index contributed by atoms with van der Waals surface area (Å²) >= 11 is 0. The van der Waals surface area contributed by atoms with E-state index in [-0.39, 0.29) is 25.2 Å². The Morgan fingerprint density at radius 1 is 0.426 bits per heavy atom. The van der Waals surface area contributed by atoms with Crippen molar-refractivity contribution in [3.8, 4) is 0 Å². The monoisotopic (exact) mass is 671 g/mol. The molecule has 9 nitrogen and oxygen atoms in total. The summed E-state index contributed by atoms with van der Waals surface area (Å²) in [4.78, 5) is 47.5. The average molecular weight is 671 g/mol. The molecule has 0 radical (unpaired) electrons. The number of aliphatic hydroxyl groups is 1. The van der Waals surface area contributed by atoms with E-state index in [0.717, 1.165) is 88.9 Å². The van der Waals surface area contributed by atoms with Gasteiger partial charge < -0.3 is 24.1 Å². The summed E-state index contributed by atoms with van der Waals surface area (Å²) in [7, 11) is 0. The lowest BCUT2D eigenvalue weighted by molar-refractivity contribution is -0.160. The molecule has 0 aromatic carbocycles. The molecule has 0 fully saturated rings. The number of ether oxygens (including phenoxy) is 4. The van der Waals surface area contributed by atoms with Crippen molar-refractivity contribution >= 4 is 23.9 Å². The summed E-state index contributed by atoms with van der Waals surface area (Å²) in [5, 5.41) is 9.95. The van der Waals surface area contributed by atoms with Crippen LogP contribution in [0, 0.1) is 11.8 Å². The quantitative estimate of drug-likeness (QED) is 0.0414. The number of carbonyl (C=O) groups excluding carboxylic acids is 4. The second-order valence-corrected chi connectivity index (χ2v) is 13.8. The van der Waals surface area contributed by atoms with Crippen LogP contribution in [0.25, 0.3) is 0 Å². The summed E-state index contributed by atoms with van der Waals surface area (Å²) < 4.78 is 20.8. The molecule has 0 aliphatic heterocycles. The van der Waals surface area contributed by atoms with Gasteiger partial charge in [0.2, 0.25) is 0 Å². The lowest BCUT2D eigenvalue weighted by Crippen LogP contribution is -2.27. The second-order valence-electron chi connectivity index (χ2n) is 13.8. The van der Waals surface area contributed by atoms with E-state index in [2.05, 4.69) is 27.7 Å². The van der Waals surface area contributed by atoms with Crippen LogP contribution < -0.4 is 0 Å². The summed E-state index contributed by atoms with van der Waals surface area (Å²) in [6, 6.07) is 0. The maximum Gasteiger partial charge on any atom is 0.335 e. The van der Waals surface area contributed by atoms with Gasteiger partial charge in [-0.2, -0.15) is 0 Å². The summed E-state index contributed by atoms with van der Waals surface area (Å²) in [6.45, 7) is 10.3. The first kappa shape index (κ1) is 44.8. The van der Waals surface area contributed by atoms with Crippen LogP contribution in [0.5, 0.6) is 0 Å². The van der Waals surface area contributed by atoms with E-state index in [9.17, 15) is 24.3 Å². The number of aliphatic hydroxyl groups excluding tert-OH is 1. The number of unbranched alkanes of at least 4 members (excludes halogenated alkanes) is 14. The van der Waals surface area contributed by atoms with Gasteiger partial charge in [-0.25, -0.2) is 4.79 Å². The van der Waals surface area contributed by atoms with Crippen molar-refractivity contribution in [2.45, 2.75) is 181 Å². The van der Waals surface area contributed by atoms with E-state index in [4.69, 9.17) is 18.9 Å². The second kappa shape index (κ2) is 32.4. The highest BCUT2D eigenvalue weighted by Gasteiger charge is 2.21. The van der Waals surface area contributed by atoms with E-state index >= 15 is 0 Å². The van der Waals surface area contributed by atoms with E-state index in [1.165, 1.54) is 38.5 Å². The van der Waals surface area contributed by atoms with Gasteiger partial charge in [-0.3, -0.25) is 14.4 Å². The highest BCUT2D eigenvalue weighted by molar-refractivity contribution is 5.81. The molecule has 0 heterocycles. The molecule has 0 aromatic rings. The van der Waals surface area contributed by atoms with Crippen molar-refractivity contribution in [3.05, 3.63) is 0 Å². The van der Waals surface area contributed by atoms with Gasteiger partial charge in [0.15, 0.2) is 6.10 Å². The molecule has 0 bridgehead atoms. The minimum Gasteiger partial charge on any atom is -0.466 e. The van der Waals surface area contributed by atoms with Crippen molar-refractivity contribution in [3.63, 3.8) is 0 Å². The Labute approximate surface area is 286 Å². The van der Waals surface area contributed by atoms with Crippen molar-refractivity contribution in [1.82, 2.24) is 0 Å². The summed E-state index contributed by atoms with van der Waals surface area (Å²) in [5.74, 6) is -0.169. The van der Waals surface area contributed by atoms with Crippen LogP contribution in [0.1, 0.15) is 175 Å². The topological polar surface area (TPSA) is 125 Å². The van der Waals surface area contributed by atoms with Gasteiger partial charge in [0.25, 0.3) is 0 Å². The Hall–Kier alpha value is -2.16. The number of rotatable bonds is 33. The van der Waals surface area contributed by atoms with Crippen molar-refractivity contribution < 1.29 is 43.2 Å². The van der Waals surface area contributed by atoms with Gasteiger partial charge in [0, 0.05) is 12.8 Å². The maximum absolute atomic E-state index is 12.0. The third-order valence-electron chi connectivity index (χ3n) is 8.07. The Bertz CT molecular complexity index is 781. The van der Waals surface area contributed by atoms with Gasteiger partial charge in [0.05, 0.1) is 32.8 Å². The molecule has 276 valence electrons. The smallest absolute Gasteiger partial charge is 0.335 e. The van der Waals surface area contributed by atoms with Gasteiger partial charge >= 0.3 is 23.9 Å². The zero-order valence-electron chi connectivity index (χ0n) is 30.5. The van der Waals surface area contributed by atoms with Gasteiger partial charge in [-0.05, 0) is 50.4 Å². The van der Waals surface area contributed by atoms with Gasteiger partial charge in [0.1, 0.15) is 0 Å². The van der Waals surface area contributed by atoms with Gasteiger partial charge in [-0.1, -0.05) is 118 Å². The van der Waals surface area contributed by atoms with Crippen LogP contribution in [-0.2, 0) is 38.1 Å². The van der Waals surface area contributed by atoms with E-state index in [1.807, 2.05) is 0 Å². The van der Waals surface area contributed by atoms with Crippen molar-refractivity contribution in [2.24, 2.45) is 11.8 Å². The van der Waals surface area contributed by atoms with E-state index in [1.54, 1.807) is 0 Å². The molecule has 1 atom stereocenters. The van der Waals surface area contributed by atoms with Crippen LogP contribution in [0.4, 0.5) is 0 Å². The fraction of sp³-hybridized carbons (Fsp3) is 0.895. The normalized spacial score (nSPS) is 11.9.